The molecule has 0 unspecified atom stereocenters. The molecule has 0 saturated heterocycles. The zero-order valence-electron chi connectivity index (χ0n) is 15.0. The first-order valence-electron chi connectivity index (χ1n) is 9.32. The van der Waals surface area contributed by atoms with Crippen molar-refractivity contribution in [3.8, 4) is 0 Å². The van der Waals surface area contributed by atoms with Gasteiger partial charge in [-0.25, -0.2) is 4.99 Å². The summed E-state index contributed by atoms with van der Waals surface area (Å²) >= 11 is 1.79. The Bertz CT molecular complexity index is 1410. The van der Waals surface area contributed by atoms with Crippen molar-refractivity contribution in [2.24, 2.45) is 9.98 Å². The van der Waals surface area contributed by atoms with Crippen LogP contribution >= 0.6 is 11.3 Å². The van der Waals surface area contributed by atoms with E-state index in [0.717, 1.165) is 30.2 Å². The third-order valence-electron chi connectivity index (χ3n) is 5.26. The topological polar surface area (TPSA) is 42.5 Å². The summed E-state index contributed by atoms with van der Waals surface area (Å²) in [6, 6.07) is 19.3. The number of benzene rings is 2. The Kier molecular flexibility index (Phi) is 3.43. The van der Waals surface area contributed by atoms with Crippen LogP contribution in [0.25, 0.3) is 31.9 Å². The van der Waals surface area contributed by atoms with E-state index < -0.39 is 0 Å². The summed E-state index contributed by atoms with van der Waals surface area (Å²) < 4.78 is 3.63. The number of amidine groups is 1. The first-order chi connectivity index (χ1) is 13.9. The number of hydrogen-bond donors (Lipinski definition) is 0. The van der Waals surface area contributed by atoms with Gasteiger partial charge in [-0.1, -0.05) is 18.2 Å². The Labute approximate surface area is 165 Å². The van der Waals surface area contributed by atoms with Crippen molar-refractivity contribution < 1.29 is 0 Å². The molecule has 0 bridgehead atoms. The van der Waals surface area contributed by atoms with Crippen molar-refractivity contribution in [1.29, 1.82) is 0 Å². The molecule has 0 amide bonds. The number of rotatable bonds is 1. The summed E-state index contributed by atoms with van der Waals surface area (Å²) in [5.41, 5.74) is 3.36. The molecule has 1 aliphatic heterocycles. The van der Waals surface area contributed by atoms with Crippen LogP contribution in [-0.4, -0.2) is 27.8 Å². The third-order valence-corrected chi connectivity index (χ3v) is 6.14. The van der Waals surface area contributed by atoms with E-state index in [4.69, 9.17) is 4.99 Å². The molecule has 0 aliphatic carbocycles. The Hall–Kier alpha value is -3.31. The zero-order valence-corrected chi connectivity index (χ0v) is 15.9. The van der Waals surface area contributed by atoms with Crippen LogP contribution in [0.2, 0.25) is 0 Å². The maximum Gasteiger partial charge on any atom is 0.158 e. The molecule has 5 heteroatoms. The number of thiophene rings is 1. The number of para-hydroxylation sites is 1. The number of aromatic nitrogens is 2. The monoisotopic (exact) mass is 380 g/mol. The van der Waals surface area contributed by atoms with Gasteiger partial charge >= 0.3 is 0 Å². The molecule has 28 heavy (non-hydrogen) atoms. The zero-order chi connectivity index (χ0) is 18.5. The lowest BCUT2D eigenvalue weighted by Crippen LogP contribution is -2.20. The maximum absolute atomic E-state index is 4.95. The average molecular weight is 380 g/mol. The molecule has 0 saturated carbocycles. The molecule has 4 nitrogen and oxygen atoms in total. The van der Waals surface area contributed by atoms with Crippen molar-refractivity contribution in [1.82, 2.24) is 9.55 Å². The number of hydrogen-bond acceptors (Lipinski definition) is 4. The number of aliphatic imine (C=N–C) groups is 2. The Morgan fingerprint density at radius 2 is 1.89 bits per heavy atom. The van der Waals surface area contributed by atoms with Gasteiger partial charge in [-0.15, -0.1) is 11.3 Å². The van der Waals surface area contributed by atoms with Gasteiger partial charge < -0.3 is 0 Å². The van der Waals surface area contributed by atoms with Crippen LogP contribution in [0, 0.1) is 0 Å². The van der Waals surface area contributed by atoms with Crippen LogP contribution in [-0.2, 0) is 0 Å². The van der Waals surface area contributed by atoms with Crippen LogP contribution in [0.1, 0.15) is 12.0 Å². The summed E-state index contributed by atoms with van der Waals surface area (Å²) in [4.78, 5) is 13.8. The summed E-state index contributed by atoms with van der Waals surface area (Å²) in [6.45, 7) is 0.734. The molecule has 4 heterocycles. The van der Waals surface area contributed by atoms with E-state index in [0.29, 0.717) is 0 Å². The van der Waals surface area contributed by atoms with Crippen molar-refractivity contribution in [3.63, 3.8) is 0 Å². The SMILES string of the molecule is c1cncc(C2=NCCC(n3c4ccccc4c4cc5sccc5cc43)=N2)c1. The molecule has 2 aromatic carbocycles. The first kappa shape index (κ1) is 15.7. The number of fused-ring (bicyclic) bond motifs is 4. The molecule has 5 aromatic rings. The molecule has 134 valence electrons. The largest absolute Gasteiger partial charge is 0.297 e. The maximum atomic E-state index is 4.95. The Morgan fingerprint density at radius 3 is 2.82 bits per heavy atom. The molecule has 1 aliphatic rings. The van der Waals surface area contributed by atoms with Gasteiger partial charge in [0, 0.05) is 46.4 Å². The van der Waals surface area contributed by atoms with Crippen molar-refractivity contribution in [2.75, 3.05) is 6.54 Å². The second-order valence-corrected chi connectivity index (χ2v) is 7.85. The fraction of sp³-hybridized carbons (Fsp3) is 0.0870. The fourth-order valence-electron chi connectivity index (χ4n) is 3.99. The molecule has 0 N–H and O–H groups in total. The van der Waals surface area contributed by atoms with Gasteiger partial charge in [0.05, 0.1) is 11.0 Å². The van der Waals surface area contributed by atoms with Crippen LogP contribution in [0.3, 0.4) is 0 Å². The van der Waals surface area contributed by atoms with Gasteiger partial charge in [0.15, 0.2) is 5.84 Å². The summed E-state index contributed by atoms with van der Waals surface area (Å²) in [5, 5.41) is 5.97. The molecular formula is C23H16N4S. The van der Waals surface area contributed by atoms with Crippen LogP contribution in [0.4, 0.5) is 0 Å². The highest BCUT2D eigenvalue weighted by molar-refractivity contribution is 7.17. The number of nitrogens with zero attached hydrogens (tertiary/aromatic N) is 4. The number of pyridine rings is 1. The van der Waals surface area contributed by atoms with Gasteiger partial charge in [-0.2, -0.15) is 0 Å². The molecule has 0 radical (unpaired) electrons. The third kappa shape index (κ3) is 2.33. The quantitative estimate of drug-likeness (QED) is 0.378. The predicted molar refractivity (Wildman–Crippen MR) is 118 cm³/mol. The highest BCUT2D eigenvalue weighted by Crippen LogP contribution is 2.34. The predicted octanol–water partition coefficient (Wildman–Crippen LogP) is 5.50. The molecular weight excluding hydrogens is 364 g/mol. The molecule has 0 fully saturated rings. The minimum Gasteiger partial charge on any atom is -0.297 e. The van der Waals surface area contributed by atoms with E-state index in [2.05, 4.69) is 62.4 Å². The van der Waals surface area contributed by atoms with E-state index in [1.165, 1.54) is 31.9 Å². The normalized spacial score (nSPS) is 14.6. The second kappa shape index (κ2) is 6.11. The molecule has 6 rings (SSSR count). The molecule has 0 atom stereocenters. The molecule has 3 aromatic heterocycles. The van der Waals surface area contributed by atoms with Gasteiger partial charge in [0.25, 0.3) is 0 Å². The summed E-state index contributed by atoms with van der Waals surface area (Å²) in [5.74, 6) is 1.80. The van der Waals surface area contributed by atoms with E-state index in [1.54, 1.807) is 17.5 Å². The van der Waals surface area contributed by atoms with Gasteiger partial charge in [0.1, 0.15) is 5.84 Å². The lowest BCUT2D eigenvalue weighted by atomic mass is 10.1. The van der Waals surface area contributed by atoms with Crippen LogP contribution in [0.5, 0.6) is 0 Å². The van der Waals surface area contributed by atoms with Gasteiger partial charge in [0.2, 0.25) is 0 Å². The van der Waals surface area contributed by atoms with Gasteiger partial charge in [-0.3, -0.25) is 14.5 Å². The highest BCUT2D eigenvalue weighted by Gasteiger charge is 2.18. The van der Waals surface area contributed by atoms with E-state index in [-0.39, 0.29) is 0 Å². The smallest absolute Gasteiger partial charge is 0.158 e. The second-order valence-electron chi connectivity index (χ2n) is 6.91. The van der Waals surface area contributed by atoms with Crippen molar-refractivity contribution in [2.45, 2.75) is 6.42 Å². The van der Waals surface area contributed by atoms with Gasteiger partial charge in [-0.05, 0) is 47.2 Å². The lowest BCUT2D eigenvalue weighted by Gasteiger charge is -2.15. The Morgan fingerprint density at radius 1 is 0.929 bits per heavy atom. The average Bonchev–Trinajstić information content (AvgIpc) is 3.34. The van der Waals surface area contributed by atoms with Crippen molar-refractivity contribution in [3.05, 3.63) is 77.9 Å². The fourth-order valence-corrected chi connectivity index (χ4v) is 4.80. The van der Waals surface area contributed by atoms with E-state index >= 15 is 0 Å². The Balaban J connectivity index is 1.64. The van der Waals surface area contributed by atoms with Crippen LogP contribution < -0.4 is 0 Å². The summed E-state index contributed by atoms with van der Waals surface area (Å²) in [7, 11) is 0. The molecule has 0 spiro atoms. The standard InChI is InChI=1S/C23H16N4S/c1-2-6-19-17(5-1)18-13-21-15(8-11-28-21)12-20(18)27(19)22-7-10-25-23(26-22)16-4-3-9-24-14-16/h1-6,8-9,11-14H,7,10H2. The minimum absolute atomic E-state index is 0.734. The van der Waals surface area contributed by atoms with E-state index in [1.807, 2.05) is 18.3 Å². The van der Waals surface area contributed by atoms with Crippen molar-refractivity contribution >= 4 is 54.9 Å². The highest BCUT2D eigenvalue weighted by atomic mass is 32.1. The summed E-state index contributed by atoms with van der Waals surface area (Å²) in [6.07, 6.45) is 4.42. The van der Waals surface area contributed by atoms with Crippen LogP contribution in [0.15, 0.2) is 82.4 Å². The first-order valence-corrected chi connectivity index (χ1v) is 10.2. The van der Waals surface area contributed by atoms with E-state index in [9.17, 15) is 0 Å². The lowest BCUT2D eigenvalue weighted by molar-refractivity contribution is 0.973. The minimum atomic E-state index is 0.734.